The van der Waals surface area contributed by atoms with Gasteiger partial charge in [-0.25, -0.2) is 0 Å². The summed E-state index contributed by atoms with van der Waals surface area (Å²) in [6.45, 7) is 21.1. The molecule has 1 saturated heterocycles. The van der Waals surface area contributed by atoms with Gasteiger partial charge in [0.05, 0.1) is 19.8 Å². The Bertz CT molecular complexity index is 370. The van der Waals surface area contributed by atoms with E-state index in [4.69, 9.17) is 4.74 Å². The molecule has 2 nitrogen and oxygen atoms in total. The molecule has 1 heterocycles. The molecule has 0 aliphatic carbocycles. The Morgan fingerprint density at radius 1 is 1.18 bits per heavy atom. The van der Waals surface area contributed by atoms with Crippen molar-refractivity contribution in [3.63, 3.8) is 0 Å². The van der Waals surface area contributed by atoms with Crippen molar-refractivity contribution in [3.05, 3.63) is 23.9 Å². The molecule has 1 atom stereocenters. The molecule has 0 spiro atoms. The lowest BCUT2D eigenvalue weighted by Crippen LogP contribution is -2.42. The molecule has 1 aliphatic rings. The Labute approximate surface area is 139 Å². The number of hydrogen-bond acceptors (Lipinski definition) is 2. The first kappa shape index (κ1) is 19.7. The summed E-state index contributed by atoms with van der Waals surface area (Å²) in [5.74, 6) is 0. The van der Waals surface area contributed by atoms with E-state index in [1.165, 1.54) is 37.9 Å². The molecule has 0 bridgehead atoms. The average molecular weight is 324 g/mol. The lowest BCUT2D eigenvalue weighted by molar-refractivity contribution is -0.0569. The van der Waals surface area contributed by atoms with Crippen LogP contribution in [0.2, 0.25) is 19.6 Å². The van der Waals surface area contributed by atoms with Crippen LogP contribution in [0.4, 0.5) is 0 Å². The van der Waals surface area contributed by atoms with Crippen LogP contribution in [0.1, 0.15) is 46.5 Å². The van der Waals surface area contributed by atoms with Crippen LogP contribution in [0, 0.1) is 0 Å². The van der Waals surface area contributed by atoms with E-state index in [9.17, 15) is 0 Å². The van der Waals surface area contributed by atoms with E-state index in [2.05, 4.69) is 57.6 Å². The summed E-state index contributed by atoms with van der Waals surface area (Å²) < 4.78 is 6.47. The van der Waals surface area contributed by atoms with Crippen molar-refractivity contribution in [1.29, 1.82) is 0 Å². The van der Waals surface area contributed by atoms with Crippen LogP contribution in [-0.2, 0) is 4.74 Å². The van der Waals surface area contributed by atoms with E-state index < -0.39 is 8.07 Å². The highest BCUT2D eigenvalue weighted by Gasteiger charge is 2.26. The SMILES string of the molecule is C=CC/C(=C\[Si](C)(C)C)C(CN1CCCCC1)OC(C)(C)C. The molecule has 0 aromatic rings. The second-order valence-corrected chi connectivity index (χ2v) is 13.7. The summed E-state index contributed by atoms with van der Waals surface area (Å²) in [6, 6.07) is 0. The van der Waals surface area contributed by atoms with E-state index in [-0.39, 0.29) is 11.7 Å². The first-order valence-corrected chi connectivity index (χ1v) is 12.4. The van der Waals surface area contributed by atoms with Crippen molar-refractivity contribution in [2.75, 3.05) is 19.6 Å². The monoisotopic (exact) mass is 323 g/mol. The minimum atomic E-state index is -1.27. The van der Waals surface area contributed by atoms with Gasteiger partial charge in [-0.15, -0.1) is 6.58 Å². The van der Waals surface area contributed by atoms with Crippen LogP contribution in [0.25, 0.3) is 0 Å². The van der Waals surface area contributed by atoms with Gasteiger partial charge < -0.3 is 9.64 Å². The Hall–Kier alpha value is -0.383. The predicted molar refractivity (Wildman–Crippen MR) is 101 cm³/mol. The van der Waals surface area contributed by atoms with E-state index in [0.29, 0.717) is 0 Å². The lowest BCUT2D eigenvalue weighted by atomic mass is 10.0. The second-order valence-electron chi connectivity index (χ2n) is 8.66. The molecule has 0 aromatic heterocycles. The molecular weight excluding hydrogens is 286 g/mol. The summed E-state index contributed by atoms with van der Waals surface area (Å²) in [5, 5.41) is 0. The van der Waals surface area contributed by atoms with E-state index >= 15 is 0 Å². The topological polar surface area (TPSA) is 12.5 Å². The fourth-order valence-corrected chi connectivity index (χ4v) is 4.46. The van der Waals surface area contributed by atoms with Gasteiger partial charge in [-0.1, -0.05) is 37.8 Å². The summed E-state index contributed by atoms with van der Waals surface area (Å²) in [4.78, 5) is 2.58. The van der Waals surface area contributed by atoms with Gasteiger partial charge in [-0.3, -0.25) is 0 Å². The van der Waals surface area contributed by atoms with Crippen molar-refractivity contribution in [2.24, 2.45) is 0 Å². The second kappa shape index (κ2) is 8.46. The smallest absolute Gasteiger partial charge is 0.0918 e. The van der Waals surface area contributed by atoms with Crippen molar-refractivity contribution >= 4 is 8.07 Å². The molecule has 128 valence electrons. The predicted octanol–water partition coefficient (Wildman–Crippen LogP) is 5.04. The highest BCUT2D eigenvalue weighted by molar-refractivity contribution is 6.81. The highest BCUT2D eigenvalue weighted by atomic mass is 28.3. The van der Waals surface area contributed by atoms with Crippen molar-refractivity contribution < 1.29 is 4.74 Å². The molecule has 0 radical (unpaired) electrons. The Balaban J connectivity index is 2.93. The zero-order valence-electron chi connectivity index (χ0n) is 15.7. The standard InChI is InChI=1S/C19H37NOSi/c1-8-12-17(16-22(5,6)7)18(21-19(2,3)4)15-20-13-10-9-11-14-20/h8,16,18H,1,9-15H2,2-7H3/b17-16+. The third-order valence-electron chi connectivity index (χ3n) is 3.78. The van der Waals surface area contributed by atoms with E-state index in [1.807, 2.05) is 6.08 Å². The van der Waals surface area contributed by atoms with Gasteiger partial charge in [-0.2, -0.15) is 0 Å². The van der Waals surface area contributed by atoms with E-state index in [1.54, 1.807) is 0 Å². The molecule has 1 fully saturated rings. The van der Waals surface area contributed by atoms with Gasteiger partial charge in [0.15, 0.2) is 0 Å². The number of nitrogens with zero attached hydrogens (tertiary/aromatic N) is 1. The van der Waals surface area contributed by atoms with Crippen LogP contribution < -0.4 is 0 Å². The maximum atomic E-state index is 6.47. The maximum absolute atomic E-state index is 6.47. The molecule has 0 amide bonds. The third kappa shape index (κ3) is 8.30. The van der Waals surface area contributed by atoms with Gasteiger partial charge in [0.2, 0.25) is 0 Å². The molecular formula is C19H37NOSi. The third-order valence-corrected chi connectivity index (χ3v) is 5.02. The number of hydrogen-bond donors (Lipinski definition) is 0. The van der Waals surface area contributed by atoms with Gasteiger partial charge in [0.25, 0.3) is 0 Å². The van der Waals surface area contributed by atoms with E-state index in [0.717, 1.165) is 13.0 Å². The average Bonchev–Trinajstić information content (AvgIpc) is 2.35. The van der Waals surface area contributed by atoms with Crippen molar-refractivity contribution in [2.45, 2.75) is 77.8 Å². The van der Waals surface area contributed by atoms with Gasteiger partial charge in [0, 0.05) is 6.54 Å². The number of rotatable bonds is 7. The first-order valence-electron chi connectivity index (χ1n) is 8.83. The Morgan fingerprint density at radius 3 is 2.23 bits per heavy atom. The summed E-state index contributed by atoms with van der Waals surface area (Å²) >= 11 is 0. The van der Waals surface area contributed by atoms with Crippen LogP contribution in [0.3, 0.4) is 0 Å². The van der Waals surface area contributed by atoms with Crippen LogP contribution in [0.15, 0.2) is 23.9 Å². The molecule has 22 heavy (non-hydrogen) atoms. The minimum absolute atomic E-state index is 0.111. The maximum Gasteiger partial charge on any atom is 0.0918 e. The molecule has 0 N–H and O–H groups in total. The summed E-state index contributed by atoms with van der Waals surface area (Å²) in [6.07, 6.45) is 7.21. The van der Waals surface area contributed by atoms with Gasteiger partial charge >= 0.3 is 0 Å². The summed E-state index contributed by atoms with van der Waals surface area (Å²) in [5.41, 5.74) is 3.85. The highest BCUT2D eigenvalue weighted by Crippen LogP contribution is 2.24. The largest absolute Gasteiger partial charge is 0.367 e. The first-order chi connectivity index (χ1) is 10.1. The molecule has 3 heteroatoms. The van der Waals surface area contributed by atoms with Gasteiger partial charge in [-0.05, 0) is 58.7 Å². The molecule has 1 rings (SSSR count). The zero-order valence-corrected chi connectivity index (χ0v) is 16.7. The molecule has 1 aliphatic heterocycles. The molecule has 0 aromatic carbocycles. The van der Waals surface area contributed by atoms with Crippen LogP contribution in [0.5, 0.6) is 0 Å². The number of likely N-dealkylation sites (tertiary alicyclic amines) is 1. The fraction of sp³-hybridized carbons (Fsp3) is 0.789. The fourth-order valence-electron chi connectivity index (χ4n) is 3.04. The number of allylic oxidation sites excluding steroid dienone is 1. The Kier molecular flexibility index (Phi) is 7.56. The Morgan fingerprint density at radius 2 is 1.77 bits per heavy atom. The summed E-state index contributed by atoms with van der Waals surface area (Å²) in [7, 11) is -1.27. The zero-order chi connectivity index (χ0) is 16.8. The van der Waals surface area contributed by atoms with Gasteiger partial charge in [0.1, 0.15) is 0 Å². The van der Waals surface area contributed by atoms with Crippen LogP contribution in [-0.4, -0.2) is 44.3 Å². The normalized spacial score (nSPS) is 20.0. The van der Waals surface area contributed by atoms with Crippen molar-refractivity contribution in [1.82, 2.24) is 4.90 Å². The number of piperidine rings is 1. The molecule has 0 saturated carbocycles. The number of ether oxygens (including phenoxy) is 1. The quantitative estimate of drug-likeness (QED) is 0.481. The minimum Gasteiger partial charge on any atom is -0.367 e. The van der Waals surface area contributed by atoms with Crippen LogP contribution >= 0.6 is 0 Å². The molecule has 1 unspecified atom stereocenters. The lowest BCUT2D eigenvalue weighted by Gasteiger charge is -2.35. The van der Waals surface area contributed by atoms with Crippen molar-refractivity contribution in [3.8, 4) is 0 Å².